The first-order valence-electron chi connectivity index (χ1n) is 8.14. The van der Waals surface area contributed by atoms with Crippen LogP contribution in [0.3, 0.4) is 0 Å². The molecule has 3 aromatic heterocycles. The molecule has 23 heavy (non-hydrogen) atoms. The Morgan fingerprint density at radius 2 is 2.09 bits per heavy atom. The predicted octanol–water partition coefficient (Wildman–Crippen LogP) is 2.79. The second-order valence-corrected chi connectivity index (χ2v) is 6.30. The monoisotopic (exact) mass is 312 g/mol. The highest BCUT2D eigenvalue weighted by molar-refractivity contribution is 6.06. The van der Waals surface area contributed by atoms with Crippen LogP contribution < -0.4 is 5.32 Å². The second kappa shape index (κ2) is 5.45. The van der Waals surface area contributed by atoms with E-state index in [2.05, 4.69) is 29.1 Å². The maximum atomic E-state index is 9.01. The molecular formula is C17H20N4O2. The highest BCUT2D eigenvalue weighted by Gasteiger charge is 2.26. The summed E-state index contributed by atoms with van der Waals surface area (Å²) in [4.78, 5) is 13.5. The summed E-state index contributed by atoms with van der Waals surface area (Å²) < 4.78 is 6.02. The maximum Gasteiger partial charge on any atom is 0.229 e. The van der Waals surface area contributed by atoms with Crippen molar-refractivity contribution in [3.63, 3.8) is 0 Å². The molecule has 4 rings (SSSR count). The summed E-state index contributed by atoms with van der Waals surface area (Å²) in [7, 11) is 0. The Hall–Kier alpha value is -2.21. The molecule has 0 atom stereocenters. The number of anilines is 1. The van der Waals surface area contributed by atoms with Crippen molar-refractivity contribution in [2.75, 3.05) is 18.5 Å². The Morgan fingerprint density at radius 1 is 1.26 bits per heavy atom. The van der Waals surface area contributed by atoms with Crippen LogP contribution in [0.4, 0.5) is 5.82 Å². The number of furan rings is 1. The van der Waals surface area contributed by atoms with Crippen LogP contribution in [0.15, 0.2) is 10.7 Å². The quantitative estimate of drug-likeness (QED) is 0.770. The fourth-order valence-corrected chi connectivity index (χ4v) is 3.51. The van der Waals surface area contributed by atoms with Crippen LogP contribution in [-0.4, -0.2) is 33.2 Å². The zero-order chi connectivity index (χ0) is 16.0. The molecule has 0 aromatic carbocycles. The third kappa shape index (κ3) is 2.16. The van der Waals surface area contributed by atoms with E-state index in [4.69, 9.17) is 14.5 Å². The lowest BCUT2D eigenvalue weighted by Gasteiger charge is -2.10. The van der Waals surface area contributed by atoms with E-state index in [1.54, 1.807) is 0 Å². The molecule has 3 aromatic rings. The van der Waals surface area contributed by atoms with E-state index < -0.39 is 0 Å². The van der Waals surface area contributed by atoms with Gasteiger partial charge < -0.3 is 14.8 Å². The van der Waals surface area contributed by atoms with Crippen molar-refractivity contribution in [1.82, 2.24) is 15.0 Å². The molecule has 0 saturated heterocycles. The third-order valence-electron chi connectivity index (χ3n) is 4.46. The van der Waals surface area contributed by atoms with E-state index in [9.17, 15) is 0 Å². The lowest BCUT2D eigenvalue weighted by molar-refractivity contribution is 0.311. The fraction of sp³-hybridized carbons (Fsp3) is 0.471. The van der Waals surface area contributed by atoms with Gasteiger partial charge in [0.15, 0.2) is 11.4 Å². The normalized spacial score (nSPS) is 14.1. The van der Waals surface area contributed by atoms with Crippen LogP contribution in [0.2, 0.25) is 0 Å². The van der Waals surface area contributed by atoms with Crippen molar-refractivity contribution in [2.45, 2.75) is 39.0 Å². The molecule has 0 aliphatic heterocycles. The molecular weight excluding hydrogens is 292 g/mol. The second-order valence-electron chi connectivity index (χ2n) is 6.30. The lowest BCUT2D eigenvalue weighted by Crippen LogP contribution is -2.07. The van der Waals surface area contributed by atoms with Gasteiger partial charge in [0.05, 0.1) is 17.7 Å². The minimum absolute atomic E-state index is 0.0386. The summed E-state index contributed by atoms with van der Waals surface area (Å²) in [6.07, 6.45) is 4.82. The van der Waals surface area contributed by atoms with E-state index in [0.29, 0.717) is 29.6 Å². The van der Waals surface area contributed by atoms with Crippen molar-refractivity contribution in [3.8, 4) is 0 Å². The number of hydrogen-bond donors (Lipinski definition) is 2. The molecule has 6 nitrogen and oxygen atoms in total. The van der Waals surface area contributed by atoms with E-state index in [1.807, 2.05) is 0 Å². The van der Waals surface area contributed by atoms with Crippen LogP contribution in [0, 0.1) is 0 Å². The minimum Gasteiger partial charge on any atom is -0.432 e. The highest BCUT2D eigenvalue weighted by Crippen LogP contribution is 2.39. The van der Waals surface area contributed by atoms with E-state index in [-0.39, 0.29) is 6.61 Å². The van der Waals surface area contributed by atoms with Gasteiger partial charge in [-0.3, -0.25) is 0 Å². The standard InChI is InChI=1S/C17H20N4O2/c1-9(2)13-11-5-3-4-10(11)12-14-15(23-17(12)21-13)16(18-6-7-22)20-8-19-14/h8-9,22H,3-7H2,1-2H3,(H,18,19,20). The van der Waals surface area contributed by atoms with E-state index in [1.165, 1.54) is 17.5 Å². The van der Waals surface area contributed by atoms with Crippen molar-refractivity contribution in [3.05, 3.63) is 23.1 Å². The van der Waals surface area contributed by atoms with Gasteiger partial charge in [0.25, 0.3) is 0 Å². The molecule has 6 heteroatoms. The van der Waals surface area contributed by atoms with Gasteiger partial charge in [-0.15, -0.1) is 0 Å². The average Bonchev–Trinajstić information content (AvgIpc) is 3.15. The Morgan fingerprint density at radius 3 is 2.87 bits per heavy atom. The first kappa shape index (κ1) is 14.4. The molecule has 0 saturated carbocycles. The Kier molecular flexibility index (Phi) is 3.41. The number of aromatic nitrogens is 3. The van der Waals surface area contributed by atoms with Gasteiger partial charge in [0.2, 0.25) is 5.71 Å². The number of nitrogens with zero attached hydrogens (tertiary/aromatic N) is 3. The van der Waals surface area contributed by atoms with Crippen LogP contribution in [-0.2, 0) is 12.8 Å². The Labute approximate surface area is 134 Å². The summed E-state index contributed by atoms with van der Waals surface area (Å²) in [5.74, 6) is 0.984. The summed E-state index contributed by atoms with van der Waals surface area (Å²) in [6.45, 7) is 4.80. The molecule has 2 N–H and O–H groups in total. The van der Waals surface area contributed by atoms with Gasteiger partial charge in [-0.25, -0.2) is 15.0 Å². The fourth-order valence-electron chi connectivity index (χ4n) is 3.51. The van der Waals surface area contributed by atoms with Gasteiger partial charge >= 0.3 is 0 Å². The van der Waals surface area contributed by atoms with Crippen molar-refractivity contribution in [1.29, 1.82) is 0 Å². The molecule has 0 radical (unpaired) electrons. The van der Waals surface area contributed by atoms with Gasteiger partial charge in [-0.05, 0) is 36.3 Å². The zero-order valence-electron chi connectivity index (χ0n) is 13.4. The van der Waals surface area contributed by atoms with Gasteiger partial charge in [-0.2, -0.15) is 0 Å². The molecule has 0 fully saturated rings. The molecule has 0 spiro atoms. The smallest absolute Gasteiger partial charge is 0.229 e. The van der Waals surface area contributed by atoms with Crippen molar-refractivity contribution >= 4 is 28.0 Å². The number of aryl methyl sites for hydroxylation is 1. The number of nitrogens with one attached hydrogen (secondary N) is 1. The molecule has 0 unspecified atom stereocenters. The molecule has 3 heterocycles. The van der Waals surface area contributed by atoms with Crippen LogP contribution in [0.5, 0.6) is 0 Å². The topological polar surface area (TPSA) is 84.1 Å². The van der Waals surface area contributed by atoms with Gasteiger partial charge in [0.1, 0.15) is 11.8 Å². The van der Waals surface area contributed by atoms with Crippen LogP contribution >= 0.6 is 0 Å². The summed E-state index contributed by atoms with van der Waals surface area (Å²) in [5.41, 5.74) is 5.94. The number of pyridine rings is 1. The third-order valence-corrected chi connectivity index (χ3v) is 4.46. The minimum atomic E-state index is 0.0386. The SMILES string of the molecule is CC(C)c1nc2oc3c(NCCO)ncnc3c2c2c1CCC2. The molecule has 0 bridgehead atoms. The first-order valence-corrected chi connectivity index (χ1v) is 8.14. The number of aliphatic hydroxyl groups excluding tert-OH is 1. The summed E-state index contributed by atoms with van der Waals surface area (Å²) >= 11 is 0. The number of fused-ring (bicyclic) bond motifs is 5. The summed E-state index contributed by atoms with van der Waals surface area (Å²) in [6, 6.07) is 0. The van der Waals surface area contributed by atoms with E-state index >= 15 is 0 Å². The predicted molar refractivity (Wildman–Crippen MR) is 88.8 cm³/mol. The molecule has 0 amide bonds. The van der Waals surface area contributed by atoms with Crippen molar-refractivity contribution in [2.24, 2.45) is 0 Å². The maximum absolute atomic E-state index is 9.01. The molecule has 1 aliphatic rings. The van der Waals surface area contributed by atoms with Gasteiger partial charge in [-0.1, -0.05) is 13.8 Å². The van der Waals surface area contributed by atoms with E-state index in [0.717, 1.165) is 35.9 Å². The van der Waals surface area contributed by atoms with Crippen molar-refractivity contribution < 1.29 is 9.52 Å². The molecule has 120 valence electrons. The Balaban J connectivity index is 2.02. The molecule has 1 aliphatic carbocycles. The van der Waals surface area contributed by atoms with Crippen LogP contribution in [0.25, 0.3) is 22.2 Å². The Bertz CT molecular complexity index is 885. The van der Waals surface area contributed by atoms with Crippen LogP contribution in [0.1, 0.15) is 43.0 Å². The zero-order valence-corrected chi connectivity index (χ0v) is 13.4. The highest BCUT2D eigenvalue weighted by atomic mass is 16.3. The first-order chi connectivity index (χ1) is 11.2. The largest absolute Gasteiger partial charge is 0.432 e. The number of rotatable bonds is 4. The number of aliphatic hydroxyl groups is 1. The summed E-state index contributed by atoms with van der Waals surface area (Å²) in [5, 5.41) is 13.1. The average molecular weight is 312 g/mol. The van der Waals surface area contributed by atoms with Gasteiger partial charge in [0, 0.05) is 6.54 Å². The number of hydrogen-bond acceptors (Lipinski definition) is 6. The lowest BCUT2D eigenvalue weighted by atomic mass is 9.99.